The van der Waals surface area contributed by atoms with Gasteiger partial charge in [0.25, 0.3) is 5.91 Å². The monoisotopic (exact) mass is 297 g/mol. The van der Waals surface area contributed by atoms with Crippen molar-refractivity contribution >= 4 is 27.7 Å². The summed E-state index contributed by atoms with van der Waals surface area (Å²) in [5.74, 6) is -0.640. The molecule has 0 aliphatic carbocycles. The highest BCUT2D eigenvalue weighted by Crippen LogP contribution is 2.20. The maximum Gasteiger partial charge on any atom is 0.256 e. The lowest BCUT2D eigenvalue weighted by molar-refractivity contribution is -0.121. The van der Waals surface area contributed by atoms with Crippen molar-refractivity contribution in [3.8, 4) is 0 Å². The quantitative estimate of drug-likeness (QED) is 0.882. The third-order valence-electron chi connectivity index (χ3n) is 2.79. The summed E-state index contributed by atoms with van der Waals surface area (Å²) in [5, 5.41) is 0. The molecule has 0 saturated carbocycles. The number of hydrogen-bond acceptors (Lipinski definition) is 3. The molecule has 1 aromatic rings. The first kappa shape index (κ1) is 12.0. The fourth-order valence-corrected chi connectivity index (χ4v) is 2.37. The fraction of sp³-hybridized carbons (Fsp3) is 0.364. The van der Waals surface area contributed by atoms with Crippen molar-refractivity contribution < 1.29 is 9.59 Å². The van der Waals surface area contributed by atoms with Crippen LogP contribution < -0.4 is 5.73 Å². The van der Waals surface area contributed by atoms with Gasteiger partial charge in [-0.2, -0.15) is 0 Å². The first-order chi connectivity index (χ1) is 8.09. The van der Waals surface area contributed by atoms with E-state index in [1.807, 2.05) is 0 Å². The molecular formula is C11H12BrN3O2. The van der Waals surface area contributed by atoms with E-state index in [9.17, 15) is 9.59 Å². The number of carbonyl (C=O) groups excluding carboxylic acids is 2. The van der Waals surface area contributed by atoms with Gasteiger partial charge in [-0.05, 0) is 34.8 Å². The van der Waals surface area contributed by atoms with Gasteiger partial charge in [-0.3, -0.25) is 14.6 Å². The van der Waals surface area contributed by atoms with E-state index in [0.717, 1.165) is 10.9 Å². The molecule has 1 aliphatic heterocycles. The molecule has 1 aromatic heterocycles. The Balaban J connectivity index is 2.23. The molecule has 1 atom stereocenters. The summed E-state index contributed by atoms with van der Waals surface area (Å²) in [4.78, 5) is 28.8. The van der Waals surface area contributed by atoms with E-state index < -0.39 is 11.9 Å². The highest BCUT2D eigenvalue weighted by molar-refractivity contribution is 9.10. The molecule has 5 nitrogen and oxygen atoms in total. The maximum atomic E-state index is 12.2. The smallest absolute Gasteiger partial charge is 0.256 e. The molecule has 90 valence electrons. The van der Waals surface area contributed by atoms with E-state index >= 15 is 0 Å². The molecule has 1 unspecified atom stereocenters. The van der Waals surface area contributed by atoms with Crippen LogP contribution in [0, 0.1) is 0 Å². The highest BCUT2D eigenvalue weighted by atomic mass is 79.9. The predicted octanol–water partition coefficient (Wildman–Crippen LogP) is 0.934. The van der Waals surface area contributed by atoms with Crippen LogP contribution >= 0.6 is 15.9 Å². The van der Waals surface area contributed by atoms with Gasteiger partial charge < -0.3 is 10.6 Å². The van der Waals surface area contributed by atoms with Crippen LogP contribution in [-0.4, -0.2) is 34.3 Å². The van der Waals surface area contributed by atoms with Crippen LogP contribution in [0.3, 0.4) is 0 Å². The SMILES string of the molecule is NC(=O)C1CCCN1C(=O)c1cncc(Br)c1. The third-order valence-corrected chi connectivity index (χ3v) is 3.23. The molecule has 2 N–H and O–H groups in total. The van der Waals surface area contributed by atoms with Crippen molar-refractivity contribution in [2.45, 2.75) is 18.9 Å². The molecule has 0 aromatic carbocycles. The Hall–Kier alpha value is -1.43. The lowest BCUT2D eigenvalue weighted by atomic mass is 10.2. The summed E-state index contributed by atoms with van der Waals surface area (Å²) in [5.41, 5.74) is 5.74. The van der Waals surface area contributed by atoms with Crippen LogP contribution in [0.25, 0.3) is 0 Å². The second-order valence-electron chi connectivity index (χ2n) is 3.95. The Bertz CT molecular complexity index is 464. The summed E-state index contributed by atoms with van der Waals surface area (Å²) in [6.45, 7) is 0.568. The lowest BCUT2D eigenvalue weighted by Crippen LogP contribution is -2.43. The standard InChI is InChI=1S/C11H12BrN3O2/c12-8-4-7(5-14-6-8)11(17)15-3-1-2-9(15)10(13)16/h4-6,9H,1-3H2,(H2,13,16). The number of hydrogen-bond donors (Lipinski definition) is 1. The molecule has 0 bridgehead atoms. The summed E-state index contributed by atoms with van der Waals surface area (Å²) < 4.78 is 0.734. The Kier molecular flexibility index (Phi) is 3.42. The van der Waals surface area contributed by atoms with Gasteiger partial charge in [0.05, 0.1) is 5.56 Å². The molecule has 2 rings (SSSR count). The van der Waals surface area contributed by atoms with Crippen LogP contribution in [0.1, 0.15) is 23.2 Å². The average Bonchev–Trinajstić information content (AvgIpc) is 2.77. The molecule has 1 fully saturated rings. The van der Waals surface area contributed by atoms with Gasteiger partial charge in [-0.1, -0.05) is 0 Å². The zero-order chi connectivity index (χ0) is 12.4. The van der Waals surface area contributed by atoms with Crippen molar-refractivity contribution in [2.75, 3.05) is 6.54 Å². The first-order valence-electron chi connectivity index (χ1n) is 5.30. The molecule has 2 heterocycles. The molecule has 17 heavy (non-hydrogen) atoms. The van der Waals surface area contributed by atoms with Gasteiger partial charge in [-0.15, -0.1) is 0 Å². The minimum atomic E-state index is -0.485. The number of amides is 2. The van der Waals surface area contributed by atoms with Gasteiger partial charge in [0, 0.05) is 23.4 Å². The molecule has 1 saturated heterocycles. The number of nitrogens with two attached hydrogens (primary N) is 1. The Morgan fingerprint density at radius 3 is 2.88 bits per heavy atom. The molecule has 0 radical (unpaired) electrons. The van der Waals surface area contributed by atoms with Gasteiger partial charge in [-0.25, -0.2) is 0 Å². The molecule has 1 aliphatic rings. The van der Waals surface area contributed by atoms with Crippen molar-refractivity contribution in [3.05, 3.63) is 28.5 Å². The zero-order valence-electron chi connectivity index (χ0n) is 9.10. The lowest BCUT2D eigenvalue weighted by Gasteiger charge is -2.22. The van der Waals surface area contributed by atoms with E-state index in [2.05, 4.69) is 20.9 Å². The zero-order valence-corrected chi connectivity index (χ0v) is 10.7. The van der Waals surface area contributed by atoms with E-state index in [0.29, 0.717) is 18.5 Å². The highest BCUT2D eigenvalue weighted by Gasteiger charge is 2.33. The van der Waals surface area contributed by atoms with E-state index in [4.69, 9.17) is 5.73 Å². The van der Waals surface area contributed by atoms with Crippen molar-refractivity contribution in [1.82, 2.24) is 9.88 Å². The topological polar surface area (TPSA) is 76.3 Å². The molecule has 6 heteroatoms. The number of rotatable bonds is 2. The fourth-order valence-electron chi connectivity index (χ4n) is 2.00. The van der Waals surface area contributed by atoms with Crippen molar-refractivity contribution in [2.24, 2.45) is 5.73 Å². The summed E-state index contributed by atoms with van der Waals surface area (Å²) in [7, 11) is 0. The van der Waals surface area contributed by atoms with Crippen LogP contribution in [0.5, 0.6) is 0 Å². The Morgan fingerprint density at radius 2 is 2.24 bits per heavy atom. The predicted molar refractivity (Wildman–Crippen MR) is 65.2 cm³/mol. The van der Waals surface area contributed by atoms with Crippen LogP contribution in [0.2, 0.25) is 0 Å². The van der Waals surface area contributed by atoms with Gasteiger partial charge in [0.1, 0.15) is 6.04 Å². The number of nitrogens with zero attached hydrogens (tertiary/aromatic N) is 2. The number of pyridine rings is 1. The number of likely N-dealkylation sites (tertiary alicyclic amines) is 1. The van der Waals surface area contributed by atoms with Crippen LogP contribution in [-0.2, 0) is 4.79 Å². The van der Waals surface area contributed by atoms with Crippen LogP contribution in [0.15, 0.2) is 22.9 Å². The van der Waals surface area contributed by atoms with E-state index in [1.165, 1.54) is 11.1 Å². The number of aromatic nitrogens is 1. The minimum Gasteiger partial charge on any atom is -0.368 e. The average molecular weight is 298 g/mol. The summed E-state index contributed by atoms with van der Waals surface area (Å²) in [6, 6.07) is 1.20. The van der Waals surface area contributed by atoms with E-state index in [1.54, 1.807) is 12.3 Å². The van der Waals surface area contributed by atoms with Crippen LogP contribution in [0.4, 0.5) is 0 Å². The molecular weight excluding hydrogens is 286 g/mol. The second-order valence-corrected chi connectivity index (χ2v) is 4.87. The largest absolute Gasteiger partial charge is 0.368 e. The Labute approximate surface area is 107 Å². The summed E-state index contributed by atoms with van der Waals surface area (Å²) in [6.07, 6.45) is 4.54. The van der Waals surface area contributed by atoms with Crippen molar-refractivity contribution in [1.29, 1.82) is 0 Å². The third kappa shape index (κ3) is 2.46. The van der Waals surface area contributed by atoms with E-state index in [-0.39, 0.29) is 5.91 Å². The van der Waals surface area contributed by atoms with Gasteiger partial charge in [0.2, 0.25) is 5.91 Å². The summed E-state index contributed by atoms with van der Waals surface area (Å²) >= 11 is 3.26. The minimum absolute atomic E-state index is 0.194. The maximum absolute atomic E-state index is 12.2. The molecule has 2 amide bonds. The van der Waals surface area contributed by atoms with Gasteiger partial charge >= 0.3 is 0 Å². The molecule has 0 spiro atoms. The number of carbonyl (C=O) groups is 2. The normalized spacial score (nSPS) is 19.4. The first-order valence-corrected chi connectivity index (χ1v) is 6.09. The second kappa shape index (κ2) is 4.83. The number of halogens is 1. The Morgan fingerprint density at radius 1 is 1.47 bits per heavy atom. The van der Waals surface area contributed by atoms with Gasteiger partial charge in [0.15, 0.2) is 0 Å². The van der Waals surface area contributed by atoms with Crippen molar-refractivity contribution in [3.63, 3.8) is 0 Å². The number of primary amides is 1.